The molecule has 1 saturated heterocycles. The van der Waals surface area contributed by atoms with Crippen molar-refractivity contribution in [2.75, 3.05) is 32.2 Å². The molecule has 0 unspecified atom stereocenters. The maximum atomic E-state index is 13.1. The number of anilines is 1. The molecule has 2 aromatic heterocycles. The van der Waals surface area contributed by atoms with Gasteiger partial charge in [0.05, 0.1) is 20.1 Å². The maximum absolute atomic E-state index is 13.1. The van der Waals surface area contributed by atoms with Crippen LogP contribution in [0.25, 0.3) is 11.2 Å². The number of imidazole rings is 1. The van der Waals surface area contributed by atoms with Crippen molar-refractivity contribution in [3.63, 3.8) is 0 Å². The Labute approximate surface area is 199 Å². The Bertz CT molecular complexity index is 1180. The van der Waals surface area contributed by atoms with Crippen molar-refractivity contribution >= 4 is 22.9 Å². The van der Waals surface area contributed by atoms with E-state index in [2.05, 4.69) is 24.8 Å². The molecule has 1 fully saturated rings. The van der Waals surface area contributed by atoms with Crippen LogP contribution in [0, 0.1) is 5.92 Å². The summed E-state index contributed by atoms with van der Waals surface area (Å²) in [5, 5.41) is 3.10. The second-order valence-corrected chi connectivity index (χ2v) is 9.04. The largest absolute Gasteiger partial charge is 0.497 e. The molecule has 0 aliphatic carbocycles. The number of aryl methyl sites for hydroxylation is 2. The molecule has 2 aliphatic rings. The molecule has 0 radical (unpaired) electrons. The van der Waals surface area contributed by atoms with E-state index in [1.165, 1.54) is 6.42 Å². The van der Waals surface area contributed by atoms with Crippen molar-refractivity contribution in [3.05, 3.63) is 35.9 Å². The fourth-order valence-corrected chi connectivity index (χ4v) is 5.09. The molecule has 1 aromatic carbocycles. The summed E-state index contributed by atoms with van der Waals surface area (Å²) in [5.74, 6) is 3.34. The number of methoxy groups -OCH3 is 2. The van der Waals surface area contributed by atoms with Gasteiger partial charge < -0.3 is 24.3 Å². The first-order valence-corrected chi connectivity index (χ1v) is 12.1. The zero-order valence-electron chi connectivity index (χ0n) is 19.9. The first-order chi connectivity index (χ1) is 16.7. The fraction of sp³-hybridized carbons (Fsp3) is 0.520. The third kappa shape index (κ3) is 4.38. The zero-order chi connectivity index (χ0) is 23.5. The molecule has 34 heavy (non-hydrogen) atoms. The van der Waals surface area contributed by atoms with Crippen LogP contribution < -0.4 is 19.7 Å². The minimum Gasteiger partial charge on any atom is -0.497 e. The number of ether oxygens (including phenoxy) is 2. The topological polar surface area (TPSA) is 94.4 Å². The fourth-order valence-electron chi connectivity index (χ4n) is 5.09. The van der Waals surface area contributed by atoms with E-state index in [1.807, 2.05) is 18.2 Å². The van der Waals surface area contributed by atoms with Crippen LogP contribution in [-0.4, -0.2) is 52.7 Å². The first-order valence-electron chi connectivity index (χ1n) is 12.1. The molecule has 0 bridgehead atoms. The summed E-state index contributed by atoms with van der Waals surface area (Å²) in [4.78, 5) is 29.4. The Morgan fingerprint density at radius 1 is 1.12 bits per heavy atom. The highest BCUT2D eigenvalue weighted by atomic mass is 16.5. The van der Waals surface area contributed by atoms with Crippen molar-refractivity contribution < 1.29 is 14.3 Å². The molecule has 9 heteroatoms. The number of amides is 1. The summed E-state index contributed by atoms with van der Waals surface area (Å²) >= 11 is 0. The number of hydrogen-bond acceptors (Lipinski definition) is 7. The molecule has 180 valence electrons. The van der Waals surface area contributed by atoms with E-state index >= 15 is 0 Å². The second kappa shape index (κ2) is 9.87. The molecule has 3 aromatic rings. The van der Waals surface area contributed by atoms with Gasteiger partial charge in [0.2, 0.25) is 5.91 Å². The standard InChI is InChI=1S/C25H32N6O3/c1-33-19-9-10-20(34-2)18(13-19)14-26-25(32)17-7-6-11-30(15-17)23-22-24(28-16-27-23)31-12-5-3-4-8-21(31)29-22/h9-10,13,16-17H,3-8,11-12,14-15H2,1-2H3,(H,26,32)/t17-/m0/s1. The SMILES string of the molecule is COc1ccc(OC)c(CNC(=O)[C@H]2CCCN(c3ncnc4c3nc3n4CCCCC3)C2)c1. The van der Waals surface area contributed by atoms with Crippen LogP contribution in [0.1, 0.15) is 43.5 Å². The van der Waals surface area contributed by atoms with Crippen LogP contribution in [0.5, 0.6) is 11.5 Å². The van der Waals surface area contributed by atoms with Gasteiger partial charge in [-0.25, -0.2) is 15.0 Å². The summed E-state index contributed by atoms with van der Waals surface area (Å²) in [6.45, 7) is 2.83. The van der Waals surface area contributed by atoms with E-state index in [4.69, 9.17) is 14.5 Å². The van der Waals surface area contributed by atoms with Gasteiger partial charge in [-0.2, -0.15) is 0 Å². The average Bonchev–Trinajstić information content (AvgIpc) is 3.07. The van der Waals surface area contributed by atoms with E-state index in [-0.39, 0.29) is 11.8 Å². The maximum Gasteiger partial charge on any atom is 0.225 e. The Morgan fingerprint density at radius 3 is 2.88 bits per heavy atom. The number of benzene rings is 1. The molecular formula is C25H32N6O3. The summed E-state index contributed by atoms with van der Waals surface area (Å²) in [6, 6.07) is 5.60. The number of piperidine rings is 1. The van der Waals surface area contributed by atoms with Crippen molar-refractivity contribution in [1.82, 2.24) is 24.8 Å². The van der Waals surface area contributed by atoms with E-state index in [9.17, 15) is 4.79 Å². The lowest BCUT2D eigenvalue weighted by molar-refractivity contribution is -0.125. The van der Waals surface area contributed by atoms with Crippen LogP contribution in [0.3, 0.4) is 0 Å². The third-order valence-corrected chi connectivity index (χ3v) is 6.91. The molecule has 1 N–H and O–H groups in total. The molecule has 5 rings (SSSR count). The predicted octanol–water partition coefficient (Wildman–Crippen LogP) is 3.10. The molecule has 2 aliphatic heterocycles. The molecule has 0 saturated carbocycles. The lowest BCUT2D eigenvalue weighted by Gasteiger charge is -2.32. The molecule has 9 nitrogen and oxygen atoms in total. The minimum atomic E-state index is -0.115. The molecule has 0 spiro atoms. The predicted molar refractivity (Wildman–Crippen MR) is 129 cm³/mol. The van der Waals surface area contributed by atoms with Gasteiger partial charge in [-0.15, -0.1) is 0 Å². The lowest BCUT2D eigenvalue weighted by atomic mass is 9.97. The number of nitrogens with zero attached hydrogens (tertiary/aromatic N) is 5. The smallest absolute Gasteiger partial charge is 0.225 e. The number of aromatic nitrogens is 4. The highest BCUT2D eigenvalue weighted by Crippen LogP contribution is 2.30. The van der Waals surface area contributed by atoms with Crippen LogP contribution in [-0.2, 0) is 24.3 Å². The van der Waals surface area contributed by atoms with E-state index in [1.54, 1.807) is 20.5 Å². The number of nitrogens with one attached hydrogen (secondary N) is 1. The van der Waals surface area contributed by atoms with Crippen LogP contribution in [0.4, 0.5) is 5.82 Å². The summed E-state index contributed by atoms with van der Waals surface area (Å²) in [5.41, 5.74) is 2.67. The van der Waals surface area contributed by atoms with E-state index in [0.717, 1.165) is 85.1 Å². The number of rotatable bonds is 6. The third-order valence-electron chi connectivity index (χ3n) is 6.91. The van der Waals surface area contributed by atoms with Gasteiger partial charge in [0.25, 0.3) is 0 Å². The van der Waals surface area contributed by atoms with Gasteiger partial charge >= 0.3 is 0 Å². The highest BCUT2D eigenvalue weighted by Gasteiger charge is 2.29. The van der Waals surface area contributed by atoms with Crippen molar-refractivity contribution in [1.29, 1.82) is 0 Å². The molecule has 4 heterocycles. The minimum absolute atomic E-state index is 0.0421. The van der Waals surface area contributed by atoms with E-state index in [0.29, 0.717) is 13.1 Å². The Morgan fingerprint density at radius 2 is 2.03 bits per heavy atom. The monoisotopic (exact) mass is 464 g/mol. The van der Waals surface area contributed by atoms with Crippen LogP contribution >= 0.6 is 0 Å². The van der Waals surface area contributed by atoms with Crippen molar-refractivity contribution in [2.45, 2.75) is 51.6 Å². The van der Waals surface area contributed by atoms with Crippen molar-refractivity contribution in [3.8, 4) is 11.5 Å². The van der Waals surface area contributed by atoms with Gasteiger partial charge in [-0.1, -0.05) is 6.42 Å². The zero-order valence-corrected chi connectivity index (χ0v) is 19.9. The van der Waals surface area contributed by atoms with Gasteiger partial charge in [0, 0.05) is 38.2 Å². The van der Waals surface area contributed by atoms with Crippen molar-refractivity contribution in [2.24, 2.45) is 5.92 Å². The first kappa shape index (κ1) is 22.4. The highest BCUT2D eigenvalue weighted by molar-refractivity contribution is 5.85. The van der Waals surface area contributed by atoms with Crippen LogP contribution in [0.15, 0.2) is 24.5 Å². The number of carbonyl (C=O) groups excluding carboxylic acids is 1. The number of fused-ring (bicyclic) bond motifs is 3. The lowest BCUT2D eigenvalue weighted by Crippen LogP contribution is -2.43. The summed E-state index contributed by atoms with van der Waals surface area (Å²) < 4.78 is 13.0. The van der Waals surface area contributed by atoms with Gasteiger partial charge in [-0.3, -0.25) is 4.79 Å². The average molecular weight is 465 g/mol. The number of carbonyl (C=O) groups is 1. The van der Waals surface area contributed by atoms with Gasteiger partial charge in [0.15, 0.2) is 17.0 Å². The number of hydrogen-bond donors (Lipinski definition) is 1. The Kier molecular flexibility index (Phi) is 6.51. The van der Waals surface area contributed by atoms with E-state index < -0.39 is 0 Å². The van der Waals surface area contributed by atoms with Crippen LogP contribution in [0.2, 0.25) is 0 Å². The Balaban J connectivity index is 1.31. The quantitative estimate of drug-likeness (QED) is 0.599. The second-order valence-electron chi connectivity index (χ2n) is 9.04. The Hall–Kier alpha value is -3.36. The van der Waals surface area contributed by atoms with Gasteiger partial charge in [0.1, 0.15) is 23.7 Å². The molecular weight excluding hydrogens is 432 g/mol. The normalized spacial score (nSPS) is 18.3. The van der Waals surface area contributed by atoms with Gasteiger partial charge in [-0.05, 0) is 43.9 Å². The molecule has 1 atom stereocenters. The summed E-state index contributed by atoms with van der Waals surface area (Å²) in [6.07, 6.45) is 7.95. The summed E-state index contributed by atoms with van der Waals surface area (Å²) in [7, 11) is 3.26. The molecule has 1 amide bonds.